The van der Waals surface area contributed by atoms with Crippen molar-refractivity contribution >= 4 is 22.4 Å². The SMILES string of the molecule is C/C=C1/NCCN(CCC2COCC(CC#N)O2)c2c1oc1ccc(C(F)(F)F)cc21. The number of fused-ring (bicyclic) bond motifs is 3. The average molecular weight is 435 g/mol. The van der Waals surface area contributed by atoms with Gasteiger partial charge in [-0.15, -0.1) is 0 Å². The Labute approximate surface area is 178 Å². The fraction of sp³-hybridized carbons (Fsp3) is 0.500. The van der Waals surface area contributed by atoms with Crippen LogP contribution >= 0.6 is 0 Å². The highest BCUT2D eigenvalue weighted by Gasteiger charge is 2.33. The molecule has 0 bridgehead atoms. The number of nitriles is 1. The molecule has 2 aromatic rings. The molecule has 0 radical (unpaired) electrons. The molecule has 0 aliphatic carbocycles. The third-order valence-corrected chi connectivity index (χ3v) is 5.57. The molecule has 1 aromatic heterocycles. The van der Waals surface area contributed by atoms with E-state index < -0.39 is 11.7 Å². The van der Waals surface area contributed by atoms with E-state index >= 15 is 0 Å². The molecule has 1 aromatic carbocycles. The first kappa shape index (κ1) is 21.5. The second-order valence-corrected chi connectivity index (χ2v) is 7.67. The molecule has 4 rings (SSSR count). The van der Waals surface area contributed by atoms with E-state index in [0.717, 1.165) is 17.8 Å². The standard InChI is InChI=1S/C22H24F3N3O3/c1-2-18-21-20(17-11-14(22(23,24)25)3-4-19(17)31-21)28(10-8-27-18)9-6-16-13-29-12-15(30-16)5-7-26/h2-4,11,15-16,27H,5-6,8-10,12-13H2,1H3/b18-2+. The van der Waals surface area contributed by atoms with Gasteiger partial charge in [0.1, 0.15) is 5.58 Å². The lowest BCUT2D eigenvalue weighted by Crippen LogP contribution is -2.39. The van der Waals surface area contributed by atoms with Gasteiger partial charge in [-0.25, -0.2) is 0 Å². The summed E-state index contributed by atoms with van der Waals surface area (Å²) in [5.41, 5.74) is 1.13. The normalized spacial score (nSPS) is 23.3. The number of nitrogens with one attached hydrogen (secondary N) is 1. The van der Waals surface area contributed by atoms with Crippen molar-refractivity contribution < 1.29 is 27.1 Å². The number of halogens is 3. The number of hydrogen-bond acceptors (Lipinski definition) is 6. The minimum Gasteiger partial charge on any atom is -0.452 e. The van der Waals surface area contributed by atoms with E-state index in [1.54, 1.807) is 0 Å². The fourth-order valence-corrected chi connectivity index (χ4v) is 4.07. The van der Waals surface area contributed by atoms with E-state index in [9.17, 15) is 13.2 Å². The number of rotatable bonds is 4. The molecule has 0 spiro atoms. The van der Waals surface area contributed by atoms with Gasteiger partial charge in [-0.05, 0) is 31.5 Å². The second-order valence-electron chi connectivity index (χ2n) is 7.67. The molecule has 2 unspecified atom stereocenters. The van der Waals surface area contributed by atoms with Gasteiger partial charge in [0.15, 0.2) is 5.76 Å². The van der Waals surface area contributed by atoms with Crippen LogP contribution in [0.4, 0.5) is 18.9 Å². The zero-order valence-electron chi connectivity index (χ0n) is 17.2. The summed E-state index contributed by atoms with van der Waals surface area (Å²) in [4.78, 5) is 2.04. The molecule has 0 amide bonds. The molecule has 1 fully saturated rings. The highest BCUT2D eigenvalue weighted by atomic mass is 19.4. The number of furan rings is 1. The summed E-state index contributed by atoms with van der Waals surface area (Å²) < 4.78 is 57.5. The van der Waals surface area contributed by atoms with Crippen LogP contribution in [0, 0.1) is 11.3 Å². The Hall–Kier alpha value is -2.70. The number of anilines is 1. The van der Waals surface area contributed by atoms with E-state index in [2.05, 4.69) is 11.4 Å². The first-order valence-corrected chi connectivity index (χ1v) is 10.3. The first-order chi connectivity index (χ1) is 14.9. The summed E-state index contributed by atoms with van der Waals surface area (Å²) in [5.74, 6) is 0.539. The third-order valence-electron chi connectivity index (χ3n) is 5.57. The third kappa shape index (κ3) is 4.50. The largest absolute Gasteiger partial charge is 0.452 e. The molecule has 0 saturated carbocycles. The van der Waals surface area contributed by atoms with E-state index in [4.69, 9.17) is 19.2 Å². The van der Waals surface area contributed by atoms with E-state index in [1.165, 1.54) is 6.07 Å². The van der Waals surface area contributed by atoms with Crippen LogP contribution in [0.25, 0.3) is 16.7 Å². The topological polar surface area (TPSA) is 70.7 Å². The molecular formula is C22H24F3N3O3. The number of nitrogens with zero attached hydrogens (tertiary/aromatic N) is 2. The summed E-state index contributed by atoms with van der Waals surface area (Å²) in [6.07, 6.45) is -2.09. The van der Waals surface area contributed by atoms with Gasteiger partial charge in [0.2, 0.25) is 0 Å². The van der Waals surface area contributed by atoms with Gasteiger partial charge in [-0.1, -0.05) is 6.08 Å². The van der Waals surface area contributed by atoms with Crippen LogP contribution < -0.4 is 10.2 Å². The van der Waals surface area contributed by atoms with Crippen LogP contribution in [-0.2, 0) is 15.7 Å². The summed E-state index contributed by atoms with van der Waals surface area (Å²) >= 11 is 0. The summed E-state index contributed by atoms with van der Waals surface area (Å²) in [7, 11) is 0. The second kappa shape index (κ2) is 8.81. The minimum absolute atomic E-state index is 0.170. The first-order valence-electron chi connectivity index (χ1n) is 10.3. The zero-order valence-corrected chi connectivity index (χ0v) is 17.2. The molecule has 2 atom stereocenters. The molecule has 9 heteroatoms. The number of benzene rings is 1. The van der Waals surface area contributed by atoms with Crippen molar-refractivity contribution in [3.05, 3.63) is 35.6 Å². The fourth-order valence-electron chi connectivity index (χ4n) is 4.07. The number of hydrogen-bond donors (Lipinski definition) is 1. The van der Waals surface area contributed by atoms with Crippen molar-refractivity contribution in [1.29, 1.82) is 5.26 Å². The van der Waals surface area contributed by atoms with Gasteiger partial charge in [0.05, 0.1) is 54.9 Å². The van der Waals surface area contributed by atoms with Gasteiger partial charge in [0, 0.05) is 25.0 Å². The Morgan fingerprint density at radius 3 is 2.84 bits per heavy atom. The highest BCUT2D eigenvalue weighted by Crippen LogP contribution is 2.41. The number of allylic oxidation sites excluding steroid dienone is 1. The lowest BCUT2D eigenvalue weighted by Gasteiger charge is -2.31. The van der Waals surface area contributed by atoms with Crippen LogP contribution in [0.1, 0.15) is 31.1 Å². The minimum atomic E-state index is -4.43. The van der Waals surface area contributed by atoms with Crippen LogP contribution in [0.15, 0.2) is 28.7 Å². The van der Waals surface area contributed by atoms with Gasteiger partial charge in [-0.3, -0.25) is 0 Å². The maximum absolute atomic E-state index is 13.3. The van der Waals surface area contributed by atoms with E-state index in [0.29, 0.717) is 61.7 Å². The van der Waals surface area contributed by atoms with Gasteiger partial charge < -0.3 is 24.1 Å². The van der Waals surface area contributed by atoms with Crippen molar-refractivity contribution in [2.45, 2.75) is 38.1 Å². The smallest absolute Gasteiger partial charge is 0.416 e. The van der Waals surface area contributed by atoms with Crippen molar-refractivity contribution in [3.63, 3.8) is 0 Å². The Morgan fingerprint density at radius 1 is 1.29 bits per heavy atom. The molecule has 31 heavy (non-hydrogen) atoms. The summed E-state index contributed by atoms with van der Waals surface area (Å²) in [6, 6.07) is 5.68. The number of ether oxygens (including phenoxy) is 2. The monoisotopic (exact) mass is 435 g/mol. The van der Waals surface area contributed by atoms with Crippen molar-refractivity contribution in [3.8, 4) is 6.07 Å². The van der Waals surface area contributed by atoms with E-state index in [-0.39, 0.29) is 18.6 Å². The van der Waals surface area contributed by atoms with Crippen LogP contribution in [0.3, 0.4) is 0 Å². The van der Waals surface area contributed by atoms with Crippen LogP contribution in [0.2, 0.25) is 0 Å². The molecule has 2 aliphatic rings. The molecule has 3 heterocycles. The highest BCUT2D eigenvalue weighted by molar-refractivity contribution is 5.98. The van der Waals surface area contributed by atoms with Gasteiger partial charge in [0.25, 0.3) is 0 Å². The predicted octanol–water partition coefficient (Wildman–Crippen LogP) is 4.31. The Bertz CT molecular complexity index is 1010. The number of alkyl halides is 3. The zero-order chi connectivity index (χ0) is 22.0. The Morgan fingerprint density at radius 2 is 2.10 bits per heavy atom. The van der Waals surface area contributed by atoms with E-state index in [1.807, 2.05) is 17.9 Å². The quantitative estimate of drug-likeness (QED) is 0.772. The van der Waals surface area contributed by atoms with Crippen molar-refractivity contribution in [2.75, 3.05) is 37.7 Å². The molecule has 2 aliphatic heterocycles. The van der Waals surface area contributed by atoms with Gasteiger partial charge in [-0.2, -0.15) is 18.4 Å². The maximum Gasteiger partial charge on any atom is 0.416 e. The van der Waals surface area contributed by atoms with Crippen LogP contribution in [-0.4, -0.2) is 45.1 Å². The lowest BCUT2D eigenvalue weighted by atomic mass is 10.1. The molecule has 1 saturated heterocycles. The maximum atomic E-state index is 13.3. The van der Waals surface area contributed by atoms with Crippen LogP contribution in [0.5, 0.6) is 0 Å². The summed E-state index contributed by atoms with van der Waals surface area (Å²) in [6.45, 7) is 4.49. The van der Waals surface area contributed by atoms with Gasteiger partial charge >= 0.3 is 6.18 Å². The molecule has 6 nitrogen and oxygen atoms in total. The predicted molar refractivity (Wildman–Crippen MR) is 109 cm³/mol. The Balaban J connectivity index is 1.64. The Kier molecular flexibility index (Phi) is 6.12. The van der Waals surface area contributed by atoms with Crippen molar-refractivity contribution in [1.82, 2.24) is 5.32 Å². The van der Waals surface area contributed by atoms with Crippen molar-refractivity contribution in [2.24, 2.45) is 0 Å². The average Bonchev–Trinajstić information content (AvgIpc) is 3.02. The molecule has 1 N–H and O–H groups in total. The summed E-state index contributed by atoms with van der Waals surface area (Å²) in [5, 5.41) is 12.6. The molecule has 166 valence electrons. The molecular weight excluding hydrogens is 411 g/mol. The lowest BCUT2D eigenvalue weighted by molar-refractivity contribution is -0.137.